The van der Waals surface area contributed by atoms with Gasteiger partial charge in [0.2, 0.25) is 0 Å². The lowest BCUT2D eigenvalue weighted by Gasteiger charge is -2.31. The number of urea groups is 1. The van der Waals surface area contributed by atoms with E-state index < -0.39 is 17.8 Å². The lowest BCUT2D eigenvalue weighted by atomic mass is 10.0. The van der Waals surface area contributed by atoms with E-state index >= 15 is 0 Å². The molecule has 1 aromatic heterocycles. The molecule has 0 unspecified atom stereocenters. The number of nitrogens with zero attached hydrogens (tertiary/aromatic N) is 2. The number of hydrogen-bond donors (Lipinski definition) is 1. The number of barbiturate groups is 1. The Hall–Kier alpha value is -2.89. The van der Waals surface area contributed by atoms with Gasteiger partial charge in [-0.2, -0.15) is 0 Å². The molecule has 146 valence electrons. The highest BCUT2D eigenvalue weighted by Gasteiger charge is 2.40. The average molecular weight is 379 g/mol. The third kappa shape index (κ3) is 3.03. The monoisotopic (exact) mass is 379 g/mol. The van der Waals surface area contributed by atoms with Crippen LogP contribution in [0.15, 0.2) is 36.0 Å². The summed E-state index contributed by atoms with van der Waals surface area (Å²) in [6.45, 7) is 4.27. The van der Waals surface area contributed by atoms with E-state index in [0.29, 0.717) is 6.04 Å². The number of hydrogen-bond acceptors (Lipinski definition) is 3. The van der Waals surface area contributed by atoms with Crippen molar-refractivity contribution in [1.82, 2.24) is 14.8 Å². The third-order valence-corrected chi connectivity index (χ3v) is 5.96. The van der Waals surface area contributed by atoms with Gasteiger partial charge < -0.3 is 4.57 Å². The molecule has 1 aliphatic carbocycles. The zero-order valence-corrected chi connectivity index (χ0v) is 16.3. The molecule has 6 nitrogen and oxygen atoms in total. The molecule has 1 aromatic carbocycles. The number of carbonyl (C=O) groups is 3. The largest absolute Gasteiger partial charge is 0.344 e. The highest BCUT2D eigenvalue weighted by atomic mass is 16.2. The lowest BCUT2D eigenvalue weighted by molar-refractivity contribution is -0.131. The van der Waals surface area contributed by atoms with Crippen molar-refractivity contribution in [2.24, 2.45) is 0 Å². The van der Waals surface area contributed by atoms with Gasteiger partial charge in [0.25, 0.3) is 11.8 Å². The molecule has 4 amide bonds. The van der Waals surface area contributed by atoms with E-state index in [4.69, 9.17) is 0 Å². The quantitative estimate of drug-likeness (QED) is 0.644. The molecule has 28 heavy (non-hydrogen) atoms. The summed E-state index contributed by atoms with van der Waals surface area (Å²) in [5.41, 5.74) is 1.91. The third-order valence-electron chi connectivity index (χ3n) is 5.96. The molecule has 2 heterocycles. The molecule has 1 N–H and O–H groups in total. The summed E-state index contributed by atoms with van der Waals surface area (Å²) in [5, 5.41) is 3.33. The van der Waals surface area contributed by atoms with E-state index in [2.05, 4.69) is 23.7 Å². The van der Waals surface area contributed by atoms with E-state index in [9.17, 15) is 14.4 Å². The smallest absolute Gasteiger partial charge is 0.331 e. The second kappa shape index (κ2) is 7.26. The van der Waals surface area contributed by atoms with Crippen LogP contribution in [0.3, 0.4) is 0 Å². The van der Waals surface area contributed by atoms with Gasteiger partial charge in [-0.25, -0.2) is 4.79 Å². The number of carbonyl (C=O) groups excluding carboxylic acids is 3. The molecule has 0 bridgehead atoms. The Kier molecular flexibility index (Phi) is 4.79. The fourth-order valence-electron chi connectivity index (χ4n) is 4.23. The Morgan fingerprint density at radius 1 is 1.18 bits per heavy atom. The van der Waals surface area contributed by atoms with Gasteiger partial charge in [0.05, 0.1) is 0 Å². The van der Waals surface area contributed by atoms with Crippen molar-refractivity contribution < 1.29 is 14.4 Å². The predicted octanol–water partition coefficient (Wildman–Crippen LogP) is 4.02. The molecule has 6 heteroatoms. The Labute approximate surface area is 164 Å². The number of para-hydroxylation sites is 1. The zero-order valence-electron chi connectivity index (χ0n) is 16.3. The van der Waals surface area contributed by atoms with Crippen LogP contribution in [-0.2, 0) is 9.59 Å². The van der Waals surface area contributed by atoms with Gasteiger partial charge in [0.15, 0.2) is 0 Å². The Balaban J connectivity index is 1.78. The van der Waals surface area contributed by atoms with Crippen LogP contribution in [-0.4, -0.2) is 33.4 Å². The van der Waals surface area contributed by atoms with E-state index in [0.717, 1.165) is 48.6 Å². The molecule has 0 spiro atoms. The fraction of sp³-hybridized carbons (Fsp3) is 0.409. The maximum atomic E-state index is 13.0. The normalized spacial score (nSPS) is 21.0. The van der Waals surface area contributed by atoms with E-state index in [1.807, 2.05) is 30.5 Å². The minimum Gasteiger partial charge on any atom is -0.344 e. The first-order valence-corrected chi connectivity index (χ1v) is 10.0. The average Bonchev–Trinajstić information content (AvgIpc) is 3.33. The molecule has 2 aliphatic rings. The minimum absolute atomic E-state index is 0.0264. The van der Waals surface area contributed by atoms with Gasteiger partial charge in [-0.3, -0.25) is 19.8 Å². The number of fused-ring (bicyclic) bond motifs is 1. The van der Waals surface area contributed by atoms with E-state index in [1.165, 1.54) is 4.90 Å². The van der Waals surface area contributed by atoms with E-state index in [-0.39, 0.29) is 11.6 Å². The molecular formula is C22H25N3O3. The first kappa shape index (κ1) is 18.5. The lowest BCUT2D eigenvalue weighted by Crippen LogP contribution is -2.57. The van der Waals surface area contributed by atoms with Crippen molar-refractivity contribution in [3.8, 4) is 0 Å². The van der Waals surface area contributed by atoms with Gasteiger partial charge in [-0.05, 0) is 38.3 Å². The summed E-state index contributed by atoms with van der Waals surface area (Å²) in [7, 11) is 0. The maximum Gasteiger partial charge on any atom is 0.331 e. The van der Waals surface area contributed by atoms with Crippen LogP contribution in [0.25, 0.3) is 17.0 Å². The molecule has 4 rings (SSSR count). The Morgan fingerprint density at radius 2 is 1.89 bits per heavy atom. The Morgan fingerprint density at radius 3 is 2.61 bits per heavy atom. The summed E-state index contributed by atoms with van der Waals surface area (Å²) in [6, 6.07) is 7.54. The first-order chi connectivity index (χ1) is 13.5. The molecule has 1 saturated carbocycles. The van der Waals surface area contributed by atoms with Crippen molar-refractivity contribution >= 4 is 34.8 Å². The van der Waals surface area contributed by atoms with Crippen LogP contribution in [0, 0.1) is 0 Å². The second-order valence-electron chi connectivity index (χ2n) is 7.70. The molecular weight excluding hydrogens is 354 g/mol. The molecule has 1 saturated heterocycles. The summed E-state index contributed by atoms with van der Waals surface area (Å²) in [4.78, 5) is 39.0. The summed E-state index contributed by atoms with van der Waals surface area (Å²) < 4.78 is 2.17. The molecule has 1 aliphatic heterocycles. The van der Waals surface area contributed by atoms with Gasteiger partial charge in [0.1, 0.15) is 5.57 Å². The van der Waals surface area contributed by atoms with E-state index in [1.54, 1.807) is 6.08 Å². The van der Waals surface area contributed by atoms with Crippen molar-refractivity contribution in [1.29, 1.82) is 0 Å². The topological polar surface area (TPSA) is 71.4 Å². The number of aromatic nitrogens is 1. The van der Waals surface area contributed by atoms with Gasteiger partial charge in [0, 0.05) is 34.7 Å². The molecule has 2 fully saturated rings. The van der Waals surface area contributed by atoms with Gasteiger partial charge >= 0.3 is 6.03 Å². The molecule has 0 radical (unpaired) electrons. The highest BCUT2D eigenvalue weighted by Crippen LogP contribution is 2.30. The number of imide groups is 2. The SMILES string of the molecule is CC[C@H](C)n1cc(/C=C2\C(=O)NC(=O)N(C3CCCC3)C2=O)c2ccccc21. The standard InChI is InChI=1S/C22H25N3O3/c1-3-14(2)24-13-15(17-10-6-7-11-19(17)24)12-18-20(26)23-22(28)25(21(18)27)16-8-4-5-9-16/h6-7,10-14,16H,3-5,8-9H2,1-2H3,(H,23,26,28)/b18-12+/t14-/m0/s1. The summed E-state index contributed by atoms with van der Waals surface area (Å²) >= 11 is 0. The maximum absolute atomic E-state index is 13.0. The van der Waals surface area contributed by atoms with Crippen molar-refractivity contribution in [3.05, 3.63) is 41.6 Å². The highest BCUT2D eigenvalue weighted by molar-refractivity contribution is 6.31. The van der Waals surface area contributed by atoms with Gasteiger partial charge in [-0.15, -0.1) is 0 Å². The zero-order chi connectivity index (χ0) is 19.8. The van der Waals surface area contributed by atoms with Crippen LogP contribution >= 0.6 is 0 Å². The summed E-state index contributed by atoms with van der Waals surface area (Å²) in [5.74, 6) is -1.11. The number of nitrogens with one attached hydrogen (secondary N) is 1. The van der Waals surface area contributed by atoms with Crippen LogP contribution in [0.5, 0.6) is 0 Å². The molecule has 1 atom stereocenters. The number of rotatable bonds is 4. The van der Waals surface area contributed by atoms with Crippen molar-refractivity contribution in [2.45, 2.75) is 58.0 Å². The minimum atomic E-state index is -0.621. The fourth-order valence-corrected chi connectivity index (χ4v) is 4.23. The molecule has 2 aromatic rings. The van der Waals surface area contributed by atoms with Crippen molar-refractivity contribution in [2.75, 3.05) is 0 Å². The van der Waals surface area contributed by atoms with Crippen LogP contribution in [0.1, 0.15) is 57.6 Å². The van der Waals surface area contributed by atoms with Gasteiger partial charge in [-0.1, -0.05) is 38.0 Å². The Bertz CT molecular complexity index is 982. The van der Waals surface area contributed by atoms with Crippen LogP contribution in [0.4, 0.5) is 4.79 Å². The van der Waals surface area contributed by atoms with Crippen molar-refractivity contribution in [3.63, 3.8) is 0 Å². The number of amides is 4. The number of benzene rings is 1. The second-order valence-corrected chi connectivity index (χ2v) is 7.70. The first-order valence-electron chi connectivity index (χ1n) is 10.0. The predicted molar refractivity (Wildman–Crippen MR) is 108 cm³/mol. The van der Waals surface area contributed by atoms with Crippen LogP contribution < -0.4 is 5.32 Å². The van der Waals surface area contributed by atoms with Crippen LogP contribution in [0.2, 0.25) is 0 Å². The summed E-state index contributed by atoms with van der Waals surface area (Å²) in [6.07, 6.45) is 8.18.